The van der Waals surface area contributed by atoms with Crippen LogP contribution in [-0.2, 0) is 0 Å². The number of halogens is 1. The van der Waals surface area contributed by atoms with Gasteiger partial charge in [-0.25, -0.2) is 4.39 Å². The monoisotopic (exact) mass is 278 g/mol. The van der Waals surface area contributed by atoms with E-state index in [4.69, 9.17) is 0 Å². The van der Waals surface area contributed by atoms with Crippen molar-refractivity contribution in [1.82, 2.24) is 5.32 Å². The summed E-state index contributed by atoms with van der Waals surface area (Å²) in [6.07, 6.45) is 3.46. The van der Waals surface area contributed by atoms with Gasteiger partial charge in [0.15, 0.2) is 0 Å². The van der Waals surface area contributed by atoms with E-state index in [9.17, 15) is 4.39 Å². The van der Waals surface area contributed by atoms with E-state index in [0.717, 1.165) is 37.3 Å². The molecule has 0 saturated carbocycles. The summed E-state index contributed by atoms with van der Waals surface area (Å²) in [6, 6.07) is 5.67. The van der Waals surface area contributed by atoms with Crippen molar-refractivity contribution < 1.29 is 4.39 Å². The van der Waals surface area contributed by atoms with E-state index < -0.39 is 0 Å². The van der Waals surface area contributed by atoms with Crippen LogP contribution in [0, 0.1) is 11.7 Å². The van der Waals surface area contributed by atoms with Gasteiger partial charge in [0.2, 0.25) is 0 Å². The van der Waals surface area contributed by atoms with Crippen molar-refractivity contribution in [3.8, 4) is 0 Å². The Bertz CT molecular complexity index is 433. The van der Waals surface area contributed by atoms with Crippen LogP contribution < -0.4 is 10.2 Å². The van der Waals surface area contributed by atoms with Crippen molar-refractivity contribution in [1.29, 1.82) is 0 Å². The maximum Gasteiger partial charge on any atom is 0.146 e. The highest BCUT2D eigenvalue weighted by atomic mass is 19.1. The van der Waals surface area contributed by atoms with Crippen molar-refractivity contribution in [2.45, 2.75) is 46.1 Å². The maximum atomic E-state index is 14.3. The van der Waals surface area contributed by atoms with Crippen LogP contribution in [0.2, 0.25) is 0 Å². The summed E-state index contributed by atoms with van der Waals surface area (Å²) in [7, 11) is 0. The Hall–Kier alpha value is -1.09. The van der Waals surface area contributed by atoms with Crippen LogP contribution in [0.1, 0.15) is 51.6 Å². The van der Waals surface area contributed by atoms with Crippen molar-refractivity contribution in [2.24, 2.45) is 5.92 Å². The topological polar surface area (TPSA) is 15.3 Å². The summed E-state index contributed by atoms with van der Waals surface area (Å²) >= 11 is 0. The second kappa shape index (κ2) is 7.07. The summed E-state index contributed by atoms with van der Waals surface area (Å²) in [5, 5.41) is 3.47. The molecule has 3 heteroatoms. The Morgan fingerprint density at radius 2 is 2.20 bits per heavy atom. The second-order valence-electron chi connectivity index (χ2n) is 5.86. The third-order valence-corrected chi connectivity index (χ3v) is 4.36. The summed E-state index contributed by atoms with van der Waals surface area (Å²) in [4.78, 5) is 2.24. The zero-order valence-electron chi connectivity index (χ0n) is 13.0. The maximum absolute atomic E-state index is 14.3. The third-order valence-electron chi connectivity index (χ3n) is 4.36. The van der Waals surface area contributed by atoms with Gasteiger partial charge < -0.3 is 10.2 Å². The van der Waals surface area contributed by atoms with Gasteiger partial charge in [0.05, 0.1) is 5.69 Å². The van der Waals surface area contributed by atoms with E-state index >= 15 is 0 Å². The summed E-state index contributed by atoms with van der Waals surface area (Å²) in [5.41, 5.74) is 1.91. The number of nitrogens with one attached hydrogen (secondary N) is 1. The lowest BCUT2D eigenvalue weighted by atomic mass is 10.0. The van der Waals surface area contributed by atoms with E-state index in [-0.39, 0.29) is 11.9 Å². The van der Waals surface area contributed by atoms with Gasteiger partial charge in [-0.15, -0.1) is 0 Å². The van der Waals surface area contributed by atoms with Gasteiger partial charge in [-0.1, -0.05) is 32.4 Å². The average molecular weight is 278 g/mol. The molecule has 20 heavy (non-hydrogen) atoms. The molecule has 1 N–H and O–H groups in total. The molecule has 1 heterocycles. The predicted molar refractivity (Wildman–Crippen MR) is 83.7 cm³/mol. The molecule has 0 bridgehead atoms. The molecular weight excluding hydrogens is 251 g/mol. The summed E-state index contributed by atoms with van der Waals surface area (Å²) in [5.74, 6) is 0.630. The van der Waals surface area contributed by atoms with E-state index in [1.54, 1.807) is 6.07 Å². The first-order valence-corrected chi connectivity index (χ1v) is 7.94. The molecule has 0 aromatic heterocycles. The zero-order valence-corrected chi connectivity index (χ0v) is 13.0. The Labute approximate surface area is 122 Å². The molecule has 112 valence electrons. The number of hydrogen-bond donors (Lipinski definition) is 1. The van der Waals surface area contributed by atoms with E-state index in [1.165, 1.54) is 12.8 Å². The molecule has 0 spiro atoms. The third kappa shape index (κ3) is 3.32. The largest absolute Gasteiger partial charge is 0.369 e. The highest BCUT2D eigenvalue weighted by Crippen LogP contribution is 2.33. The van der Waals surface area contributed by atoms with Crippen LogP contribution in [0.15, 0.2) is 18.2 Å². The van der Waals surface area contributed by atoms with E-state index in [0.29, 0.717) is 5.92 Å². The summed E-state index contributed by atoms with van der Waals surface area (Å²) in [6.45, 7) is 9.44. The van der Waals surface area contributed by atoms with Crippen LogP contribution >= 0.6 is 0 Å². The zero-order chi connectivity index (χ0) is 14.5. The molecule has 1 aliphatic rings. The van der Waals surface area contributed by atoms with Gasteiger partial charge >= 0.3 is 0 Å². The van der Waals surface area contributed by atoms with Gasteiger partial charge in [0.25, 0.3) is 0 Å². The van der Waals surface area contributed by atoms with Gasteiger partial charge in [-0.3, -0.25) is 0 Å². The van der Waals surface area contributed by atoms with Gasteiger partial charge in [-0.2, -0.15) is 0 Å². The number of hydrogen-bond acceptors (Lipinski definition) is 2. The fourth-order valence-electron chi connectivity index (χ4n) is 3.05. The van der Waals surface area contributed by atoms with Gasteiger partial charge in [0, 0.05) is 19.1 Å². The first kappa shape index (κ1) is 15.3. The van der Waals surface area contributed by atoms with Crippen molar-refractivity contribution in [3.63, 3.8) is 0 Å². The molecule has 1 fully saturated rings. The molecule has 2 nitrogen and oxygen atoms in total. The predicted octanol–water partition coefficient (Wildman–Crippen LogP) is 4.12. The van der Waals surface area contributed by atoms with E-state index in [1.807, 2.05) is 6.07 Å². The molecule has 2 rings (SSSR count). The first-order valence-electron chi connectivity index (χ1n) is 7.94. The first-order chi connectivity index (χ1) is 9.67. The Morgan fingerprint density at radius 1 is 1.40 bits per heavy atom. The van der Waals surface area contributed by atoms with Gasteiger partial charge in [0.1, 0.15) is 5.82 Å². The quantitative estimate of drug-likeness (QED) is 0.842. The molecule has 0 radical (unpaired) electrons. The molecule has 1 aromatic carbocycles. The highest BCUT2D eigenvalue weighted by molar-refractivity contribution is 5.57. The minimum Gasteiger partial charge on any atom is -0.369 e. The van der Waals surface area contributed by atoms with Crippen LogP contribution in [0.3, 0.4) is 0 Å². The van der Waals surface area contributed by atoms with E-state index in [2.05, 4.69) is 37.1 Å². The Balaban J connectivity index is 2.22. The standard InChI is InChI=1S/C17H27FN2/c1-4-10-19-13(3)15-7-6-8-16(18)17(15)20-11-9-14(5-2)12-20/h6-8,13-14,19H,4-5,9-12H2,1-3H3. The van der Waals surface area contributed by atoms with Crippen molar-refractivity contribution in [3.05, 3.63) is 29.6 Å². The highest BCUT2D eigenvalue weighted by Gasteiger charge is 2.26. The molecular formula is C17H27FN2. The molecule has 1 saturated heterocycles. The fraction of sp³-hybridized carbons (Fsp3) is 0.647. The number of rotatable bonds is 6. The van der Waals surface area contributed by atoms with Crippen LogP contribution in [0.25, 0.3) is 0 Å². The molecule has 2 atom stereocenters. The fourth-order valence-corrected chi connectivity index (χ4v) is 3.05. The minimum atomic E-state index is -0.0793. The minimum absolute atomic E-state index is 0.0793. The molecule has 0 amide bonds. The number of nitrogens with zero attached hydrogens (tertiary/aromatic N) is 1. The average Bonchev–Trinajstić information content (AvgIpc) is 2.93. The summed E-state index contributed by atoms with van der Waals surface area (Å²) < 4.78 is 14.3. The normalized spacial score (nSPS) is 20.4. The van der Waals surface area contributed by atoms with Crippen molar-refractivity contribution in [2.75, 3.05) is 24.5 Å². The van der Waals surface area contributed by atoms with Gasteiger partial charge in [-0.05, 0) is 43.9 Å². The number of anilines is 1. The molecule has 0 aliphatic carbocycles. The Kier molecular flexibility index (Phi) is 5.41. The van der Waals surface area contributed by atoms with Crippen LogP contribution in [-0.4, -0.2) is 19.6 Å². The van der Waals surface area contributed by atoms with Crippen LogP contribution in [0.5, 0.6) is 0 Å². The number of para-hydroxylation sites is 1. The van der Waals surface area contributed by atoms with Crippen molar-refractivity contribution >= 4 is 5.69 Å². The molecule has 1 aromatic rings. The molecule has 2 unspecified atom stereocenters. The second-order valence-corrected chi connectivity index (χ2v) is 5.86. The molecule has 1 aliphatic heterocycles. The lowest BCUT2D eigenvalue weighted by Gasteiger charge is -2.26. The lowest BCUT2D eigenvalue weighted by Crippen LogP contribution is -2.26. The number of benzene rings is 1. The van der Waals surface area contributed by atoms with Crippen LogP contribution in [0.4, 0.5) is 10.1 Å². The smallest absolute Gasteiger partial charge is 0.146 e. The SMILES string of the molecule is CCCNC(C)c1cccc(F)c1N1CCC(CC)C1. The Morgan fingerprint density at radius 3 is 2.85 bits per heavy atom. The lowest BCUT2D eigenvalue weighted by molar-refractivity contribution is 0.554.